The van der Waals surface area contributed by atoms with E-state index in [4.69, 9.17) is 0 Å². The number of hydrogen-bond donors (Lipinski definition) is 1. The van der Waals surface area contributed by atoms with Crippen molar-refractivity contribution in [3.8, 4) is 0 Å². The van der Waals surface area contributed by atoms with Gasteiger partial charge in [-0.25, -0.2) is 13.8 Å². The smallest absolute Gasteiger partial charge is 0.131 e. The third-order valence-electron chi connectivity index (χ3n) is 3.63. The topological polar surface area (TPSA) is 29.9 Å². The third kappa shape index (κ3) is 2.88. The second kappa shape index (κ2) is 5.32. The molecule has 1 aromatic carbocycles. The number of nitrogens with zero attached hydrogens (tertiary/aromatic N) is 2. The summed E-state index contributed by atoms with van der Waals surface area (Å²) in [5, 5.41) is 3.42. The van der Waals surface area contributed by atoms with Crippen LogP contribution in [-0.4, -0.2) is 15.6 Å². The van der Waals surface area contributed by atoms with Gasteiger partial charge in [-0.2, -0.15) is 0 Å². The van der Waals surface area contributed by atoms with Gasteiger partial charge in [0.15, 0.2) is 0 Å². The average Bonchev–Trinajstić information content (AvgIpc) is 3.17. The van der Waals surface area contributed by atoms with Crippen LogP contribution < -0.4 is 5.32 Å². The molecule has 1 saturated carbocycles. The molecule has 3 rings (SSSR count). The molecule has 0 atom stereocenters. The first kappa shape index (κ1) is 13.2. The van der Waals surface area contributed by atoms with E-state index in [-0.39, 0.29) is 0 Å². The number of nitrogens with one attached hydrogen (secondary N) is 1. The van der Waals surface area contributed by atoms with E-state index >= 15 is 0 Å². The first-order valence-corrected chi connectivity index (χ1v) is 6.82. The van der Waals surface area contributed by atoms with Gasteiger partial charge in [0.05, 0.1) is 12.2 Å². The highest BCUT2D eigenvalue weighted by atomic mass is 19.1. The zero-order chi connectivity index (χ0) is 14.1. The van der Waals surface area contributed by atoms with Crippen molar-refractivity contribution in [1.82, 2.24) is 14.9 Å². The number of benzene rings is 1. The van der Waals surface area contributed by atoms with Gasteiger partial charge in [-0.05, 0) is 25.8 Å². The molecule has 5 heteroatoms. The monoisotopic (exact) mass is 277 g/mol. The predicted octanol–water partition coefficient (Wildman–Crippen LogP) is 2.77. The highest BCUT2D eigenvalue weighted by Crippen LogP contribution is 2.20. The molecule has 20 heavy (non-hydrogen) atoms. The fraction of sp³-hybridized carbons (Fsp3) is 0.400. The molecule has 0 saturated heterocycles. The van der Waals surface area contributed by atoms with Crippen LogP contribution in [0.3, 0.4) is 0 Å². The molecule has 1 aromatic heterocycles. The van der Waals surface area contributed by atoms with Crippen LogP contribution in [0.15, 0.2) is 24.4 Å². The predicted molar refractivity (Wildman–Crippen MR) is 72.3 cm³/mol. The van der Waals surface area contributed by atoms with Crippen molar-refractivity contribution >= 4 is 0 Å². The minimum absolute atomic E-state index is 0.375. The van der Waals surface area contributed by atoms with Gasteiger partial charge >= 0.3 is 0 Å². The van der Waals surface area contributed by atoms with Crippen LogP contribution >= 0.6 is 0 Å². The Hall–Kier alpha value is -1.75. The van der Waals surface area contributed by atoms with Gasteiger partial charge in [-0.3, -0.25) is 0 Å². The molecular weight excluding hydrogens is 260 g/mol. The quantitative estimate of drug-likeness (QED) is 0.910. The zero-order valence-electron chi connectivity index (χ0n) is 11.4. The normalized spacial score (nSPS) is 14.8. The van der Waals surface area contributed by atoms with Gasteiger partial charge in [0, 0.05) is 30.4 Å². The lowest BCUT2D eigenvalue weighted by molar-refractivity contribution is 0.558. The number of halogens is 2. The van der Waals surface area contributed by atoms with Crippen molar-refractivity contribution < 1.29 is 8.78 Å². The summed E-state index contributed by atoms with van der Waals surface area (Å²) in [6.45, 7) is 3.00. The molecule has 0 spiro atoms. The first-order chi connectivity index (χ1) is 9.63. The maximum atomic E-state index is 13.7. The molecule has 0 unspecified atom stereocenters. The molecule has 0 bridgehead atoms. The molecular formula is C15H17F2N3. The maximum absolute atomic E-state index is 13.7. The van der Waals surface area contributed by atoms with E-state index in [1.807, 2.05) is 17.7 Å². The fourth-order valence-corrected chi connectivity index (χ4v) is 2.23. The second-order valence-electron chi connectivity index (χ2n) is 5.27. The summed E-state index contributed by atoms with van der Waals surface area (Å²) >= 11 is 0. The minimum Gasteiger partial charge on any atom is -0.326 e. The van der Waals surface area contributed by atoms with Crippen LogP contribution in [0.2, 0.25) is 0 Å². The van der Waals surface area contributed by atoms with Crippen molar-refractivity contribution in [2.75, 3.05) is 0 Å². The van der Waals surface area contributed by atoms with Gasteiger partial charge in [-0.1, -0.05) is 6.07 Å². The van der Waals surface area contributed by atoms with Gasteiger partial charge in [0.1, 0.15) is 17.5 Å². The van der Waals surface area contributed by atoms with Crippen molar-refractivity contribution in [2.45, 2.75) is 38.9 Å². The summed E-state index contributed by atoms with van der Waals surface area (Å²) in [5.74, 6) is -0.232. The Morgan fingerprint density at radius 2 is 2.15 bits per heavy atom. The molecule has 1 heterocycles. The second-order valence-corrected chi connectivity index (χ2v) is 5.27. The SMILES string of the molecule is Cc1ncc(CNC2CC2)n1Cc1ccc(F)cc1F. The van der Waals surface area contributed by atoms with E-state index in [9.17, 15) is 8.78 Å². The lowest BCUT2D eigenvalue weighted by atomic mass is 10.2. The molecule has 1 N–H and O–H groups in total. The van der Waals surface area contributed by atoms with Gasteiger partial charge in [0.2, 0.25) is 0 Å². The van der Waals surface area contributed by atoms with Crippen LogP contribution in [-0.2, 0) is 13.1 Å². The van der Waals surface area contributed by atoms with Crippen molar-refractivity contribution in [2.24, 2.45) is 0 Å². The molecule has 0 aliphatic heterocycles. The van der Waals surface area contributed by atoms with Crippen LogP contribution in [0, 0.1) is 18.6 Å². The number of aryl methyl sites for hydroxylation is 1. The largest absolute Gasteiger partial charge is 0.326 e. The lowest BCUT2D eigenvalue weighted by Crippen LogP contribution is -2.19. The molecule has 0 radical (unpaired) electrons. The Bertz CT molecular complexity index is 618. The highest BCUT2D eigenvalue weighted by molar-refractivity contribution is 5.20. The summed E-state index contributed by atoms with van der Waals surface area (Å²) in [6, 6.07) is 4.31. The van der Waals surface area contributed by atoms with E-state index in [2.05, 4.69) is 10.3 Å². The number of rotatable bonds is 5. The summed E-state index contributed by atoms with van der Waals surface area (Å²) in [7, 11) is 0. The first-order valence-electron chi connectivity index (χ1n) is 6.82. The minimum atomic E-state index is -0.552. The van der Waals surface area contributed by atoms with Gasteiger partial charge < -0.3 is 9.88 Å². The lowest BCUT2D eigenvalue weighted by Gasteiger charge is -2.12. The Balaban J connectivity index is 1.79. The molecule has 1 fully saturated rings. The summed E-state index contributed by atoms with van der Waals surface area (Å²) in [6.07, 6.45) is 4.26. The van der Waals surface area contributed by atoms with Crippen LogP contribution in [0.1, 0.15) is 29.9 Å². The van der Waals surface area contributed by atoms with E-state index in [1.165, 1.54) is 25.0 Å². The standard InChI is InChI=1S/C15H17F2N3/c1-10-18-7-14(8-19-13-4-5-13)20(10)9-11-2-3-12(16)6-15(11)17/h2-3,6-7,13,19H,4-5,8-9H2,1H3. The van der Waals surface area contributed by atoms with Crippen molar-refractivity contribution in [3.05, 3.63) is 53.1 Å². The highest BCUT2D eigenvalue weighted by Gasteiger charge is 2.21. The van der Waals surface area contributed by atoms with E-state index in [0.29, 0.717) is 18.2 Å². The number of aromatic nitrogens is 2. The molecule has 1 aliphatic rings. The third-order valence-corrected chi connectivity index (χ3v) is 3.63. The van der Waals surface area contributed by atoms with Crippen molar-refractivity contribution in [3.63, 3.8) is 0 Å². The Labute approximate surface area is 116 Å². The number of imidazole rings is 1. The molecule has 3 nitrogen and oxygen atoms in total. The molecule has 0 amide bonds. The summed E-state index contributed by atoms with van der Waals surface area (Å²) < 4.78 is 28.6. The Morgan fingerprint density at radius 1 is 1.35 bits per heavy atom. The summed E-state index contributed by atoms with van der Waals surface area (Å²) in [4.78, 5) is 4.28. The number of hydrogen-bond acceptors (Lipinski definition) is 2. The van der Waals surface area contributed by atoms with Gasteiger partial charge in [-0.15, -0.1) is 0 Å². The fourth-order valence-electron chi connectivity index (χ4n) is 2.23. The molecule has 2 aromatic rings. The van der Waals surface area contributed by atoms with E-state index in [0.717, 1.165) is 24.1 Å². The van der Waals surface area contributed by atoms with Gasteiger partial charge in [0.25, 0.3) is 0 Å². The van der Waals surface area contributed by atoms with E-state index in [1.54, 1.807) is 0 Å². The summed E-state index contributed by atoms with van der Waals surface area (Å²) in [5.41, 5.74) is 1.50. The van der Waals surface area contributed by atoms with E-state index < -0.39 is 11.6 Å². The zero-order valence-corrected chi connectivity index (χ0v) is 11.4. The molecule has 106 valence electrons. The van der Waals surface area contributed by atoms with Crippen LogP contribution in [0.4, 0.5) is 8.78 Å². The average molecular weight is 277 g/mol. The van der Waals surface area contributed by atoms with Crippen LogP contribution in [0.5, 0.6) is 0 Å². The van der Waals surface area contributed by atoms with Crippen molar-refractivity contribution in [1.29, 1.82) is 0 Å². The maximum Gasteiger partial charge on any atom is 0.131 e. The Morgan fingerprint density at radius 3 is 2.85 bits per heavy atom. The molecule has 1 aliphatic carbocycles. The van der Waals surface area contributed by atoms with Crippen LogP contribution in [0.25, 0.3) is 0 Å². The Kier molecular flexibility index (Phi) is 3.53.